The second kappa shape index (κ2) is 7.61. The first kappa shape index (κ1) is 17.3. The highest BCUT2D eigenvalue weighted by atomic mass is 16.3. The average Bonchev–Trinajstić information content (AvgIpc) is 3.14. The van der Waals surface area contributed by atoms with Crippen LogP contribution in [0.5, 0.6) is 0 Å². The SMILES string of the molecule is Cc1[nH]ncc1C1CCN(c2cc(N3CCCCC3CO)ncn2)CC1. The minimum Gasteiger partial charge on any atom is -0.394 e. The van der Waals surface area contributed by atoms with Crippen LogP contribution in [-0.4, -0.2) is 57.6 Å². The van der Waals surface area contributed by atoms with Crippen LogP contribution in [0.3, 0.4) is 0 Å². The molecule has 2 N–H and O–H groups in total. The summed E-state index contributed by atoms with van der Waals surface area (Å²) in [5.74, 6) is 2.52. The van der Waals surface area contributed by atoms with Crippen LogP contribution in [0.15, 0.2) is 18.6 Å². The number of piperidine rings is 2. The van der Waals surface area contributed by atoms with E-state index < -0.39 is 0 Å². The van der Waals surface area contributed by atoms with Crippen molar-refractivity contribution >= 4 is 11.6 Å². The molecule has 7 heteroatoms. The van der Waals surface area contributed by atoms with Crippen LogP contribution in [0.25, 0.3) is 0 Å². The molecule has 1 atom stereocenters. The summed E-state index contributed by atoms with van der Waals surface area (Å²) in [6.45, 7) is 5.24. The molecule has 0 saturated carbocycles. The summed E-state index contributed by atoms with van der Waals surface area (Å²) in [5, 5.41) is 16.9. The molecular formula is C19H28N6O. The van der Waals surface area contributed by atoms with Gasteiger partial charge in [0.05, 0.1) is 18.8 Å². The van der Waals surface area contributed by atoms with Crippen molar-refractivity contribution in [2.45, 2.75) is 51.0 Å². The molecule has 0 bridgehead atoms. The molecular weight excluding hydrogens is 328 g/mol. The number of nitrogens with one attached hydrogen (secondary N) is 1. The highest BCUT2D eigenvalue weighted by Crippen LogP contribution is 2.32. The Morgan fingerprint density at radius 1 is 1.12 bits per heavy atom. The fourth-order valence-corrected chi connectivity index (χ4v) is 4.35. The van der Waals surface area contributed by atoms with Crippen molar-refractivity contribution in [2.24, 2.45) is 0 Å². The van der Waals surface area contributed by atoms with E-state index in [4.69, 9.17) is 0 Å². The summed E-state index contributed by atoms with van der Waals surface area (Å²) < 4.78 is 0. The lowest BCUT2D eigenvalue weighted by atomic mass is 9.90. The average molecular weight is 356 g/mol. The molecule has 0 amide bonds. The second-order valence-corrected chi connectivity index (χ2v) is 7.47. The van der Waals surface area contributed by atoms with E-state index in [1.165, 1.54) is 17.7 Å². The number of H-pyrrole nitrogens is 1. The largest absolute Gasteiger partial charge is 0.394 e. The van der Waals surface area contributed by atoms with Crippen LogP contribution in [0.4, 0.5) is 11.6 Å². The first-order valence-electron chi connectivity index (χ1n) is 9.70. The second-order valence-electron chi connectivity index (χ2n) is 7.47. The zero-order valence-electron chi connectivity index (χ0n) is 15.4. The summed E-state index contributed by atoms with van der Waals surface area (Å²) in [6.07, 6.45) is 9.24. The molecule has 2 aromatic rings. The molecule has 0 radical (unpaired) electrons. The molecule has 2 aliphatic heterocycles. The summed E-state index contributed by atoms with van der Waals surface area (Å²) in [5.41, 5.74) is 2.54. The first-order chi connectivity index (χ1) is 12.8. The van der Waals surface area contributed by atoms with Gasteiger partial charge in [-0.2, -0.15) is 5.10 Å². The number of aliphatic hydroxyl groups excluding tert-OH is 1. The lowest BCUT2D eigenvalue weighted by Gasteiger charge is -2.36. The monoisotopic (exact) mass is 356 g/mol. The van der Waals surface area contributed by atoms with E-state index in [2.05, 4.69) is 43.0 Å². The molecule has 2 aliphatic rings. The molecule has 0 spiro atoms. The van der Waals surface area contributed by atoms with E-state index >= 15 is 0 Å². The quantitative estimate of drug-likeness (QED) is 0.874. The third-order valence-corrected chi connectivity index (χ3v) is 5.90. The predicted octanol–water partition coefficient (Wildman–Crippen LogP) is 2.24. The summed E-state index contributed by atoms with van der Waals surface area (Å²) in [7, 11) is 0. The Kier molecular flexibility index (Phi) is 5.06. The van der Waals surface area contributed by atoms with E-state index in [0.29, 0.717) is 5.92 Å². The van der Waals surface area contributed by atoms with Gasteiger partial charge < -0.3 is 14.9 Å². The molecule has 2 saturated heterocycles. The maximum atomic E-state index is 9.68. The number of aliphatic hydroxyl groups is 1. The Bertz CT molecular complexity index is 724. The summed E-state index contributed by atoms with van der Waals surface area (Å²) in [4.78, 5) is 13.6. The first-order valence-corrected chi connectivity index (χ1v) is 9.70. The standard InChI is InChI=1S/C19H28N6O/c1-14-17(11-22-23-14)15-5-8-24(9-6-15)18-10-19(21-13-20-18)25-7-3-2-4-16(25)12-26/h10-11,13,15-16,26H,2-9,12H2,1H3,(H,22,23). The van der Waals surface area contributed by atoms with Gasteiger partial charge >= 0.3 is 0 Å². The van der Waals surface area contributed by atoms with Crippen molar-refractivity contribution in [1.29, 1.82) is 0 Å². The lowest BCUT2D eigenvalue weighted by Crippen LogP contribution is -2.42. The summed E-state index contributed by atoms with van der Waals surface area (Å²) >= 11 is 0. The highest BCUT2D eigenvalue weighted by molar-refractivity contribution is 5.51. The van der Waals surface area contributed by atoms with Gasteiger partial charge in [0.15, 0.2) is 0 Å². The van der Waals surface area contributed by atoms with Gasteiger partial charge in [-0.3, -0.25) is 5.10 Å². The number of nitrogens with zero attached hydrogens (tertiary/aromatic N) is 5. The third kappa shape index (κ3) is 3.40. The normalized spacial score (nSPS) is 22.0. The third-order valence-electron chi connectivity index (χ3n) is 5.90. The Labute approximate surface area is 154 Å². The number of aryl methyl sites for hydroxylation is 1. The molecule has 26 heavy (non-hydrogen) atoms. The Morgan fingerprint density at radius 3 is 2.65 bits per heavy atom. The van der Waals surface area contributed by atoms with Gasteiger partial charge in [-0.25, -0.2) is 9.97 Å². The Morgan fingerprint density at radius 2 is 1.92 bits per heavy atom. The van der Waals surface area contributed by atoms with Gasteiger partial charge in [0.1, 0.15) is 18.0 Å². The van der Waals surface area contributed by atoms with Gasteiger partial charge in [0.2, 0.25) is 0 Å². The Balaban J connectivity index is 1.45. The van der Waals surface area contributed by atoms with Gasteiger partial charge in [0, 0.05) is 31.4 Å². The van der Waals surface area contributed by atoms with Crippen molar-refractivity contribution in [3.05, 3.63) is 29.8 Å². The van der Waals surface area contributed by atoms with Crippen LogP contribution < -0.4 is 9.80 Å². The van der Waals surface area contributed by atoms with E-state index in [9.17, 15) is 5.11 Å². The molecule has 0 aliphatic carbocycles. The molecule has 140 valence electrons. The van der Waals surface area contributed by atoms with E-state index in [-0.39, 0.29) is 12.6 Å². The van der Waals surface area contributed by atoms with E-state index in [1.54, 1.807) is 6.33 Å². The topological polar surface area (TPSA) is 81.2 Å². The van der Waals surface area contributed by atoms with Gasteiger partial charge in [0.25, 0.3) is 0 Å². The van der Waals surface area contributed by atoms with Crippen LogP contribution in [0.2, 0.25) is 0 Å². The predicted molar refractivity (Wildman–Crippen MR) is 102 cm³/mol. The molecule has 7 nitrogen and oxygen atoms in total. The van der Waals surface area contributed by atoms with Crippen molar-refractivity contribution in [2.75, 3.05) is 36.0 Å². The molecule has 0 aromatic carbocycles. The number of hydrogen-bond acceptors (Lipinski definition) is 6. The zero-order chi connectivity index (χ0) is 17.9. The van der Waals surface area contributed by atoms with Gasteiger partial charge in [-0.1, -0.05) is 0 Å². The minimum atomic E-state index is 0.182. The maximum absolute atomic E-state index is 9.68. The van der Waals surface area contributed by atoms with Crippen molar-refractivity contribution in [3.63, 3.8) is 0 Å². The maximum Gasteiger partial charge on any atom is 0.134 e. The smallest absolute Gasteiger partial charge is 0.134 e. The van der Waals surface area contributed by atoms with Crippen LogP contribution >= 0.6 is 0 Å². The Hall–Kier alpha value is -2.15. The van der Waals surface area contributed by atoms with Crippen molar-refractivity contribution in [3.8, 4) is 0 Å². The molecule has 2 aromatic heterocycles. The van der Waals surface area contributed by atoms with Crippen LogP contribution in [0.1, 0.15) is 49.3 Å². The number of rotatable bonds is 4. The van der Waals surface area contributed by atoms with Gasteiger partial charge in [-0.05, 0) is 50.5 Å². The molecule has 4 heterocycles. The zero-order valence-corrected chi connectivity index (χ0v) is 15.4. The highest BCUT2D eigenvalue weighted by Gasteiger charge is 2.26. The lowest BCUT2D eigenvalue weighted by molar-refractivity contribution is 0.239. The van der Waals surface area contributed by atoms with Crippen molar-refractivity contribution < 1.29 is 5.11 Å². The number of aromatic amines is 1. The summed E-state index contributed by atoms with van der Waals surface area (Å²) in [6, 6.07) is 2.28. The van der Waals surface area contributed by atoms with E-state index in [0.717, 1.165) is 57.0 Å². The molecule has 1 unspecified atom stereocenters. The van der Waals surface area contributed by atoms with Crippen molar-refractivity contribution in [1.82, 2.24) is 20.2 Å². The fourth-order valence-electron chi connectivity index (χ4n) is 4.35. The fraction of sp³-hybridized carbons (Fsp3) is 0.632. The number of hydrogen-bond donors (Lipinski definition) is 2. The van der Waals surface area contributed by atoms with Gasteiger partial charge in [-0.15, -0.1) is 0 Å². The van der Waals surface area contributed by atoms with E-state index in [1.807, 2.05) is 6.20 Å². The van der Waals surface area contributed by atoms with Crippen LogP contribution in [0, 0.1) is 6.92 Å². The van der Waals surface area contributed by atoms with Crippen LogP contribution in [-0.2, 0) is 0 Å². The number of anilines is 2. The molecule has 4 rings (SSSR count). The minimum absolute atomic E-state index is 0.182. The molecule has 2 fully saturated rings. The number of aromatic nitrogens is 4.